The van der Waals surface area contributed by atoms with Crippen LogP contribution in [0.25, 0.3) is 0 Å². The van der Waals surface area contributed by atoms with E-state index in [1.165, 1.54) is 0 Å². The monoisotopic (exact) mass is 343 g/mol. The lowest BCUT2D eigenvalue weighted by Gasteiger charge is -2.07. The molecule has 0 radical (unpaired) electrons. The van der Waals surface area contributed by atoms with Gasteiger partial charge in [0, 0.05) is 25.3 Å². The Labute approximate surface area is 123 Å². The maximum Gasteiger partial charge on any atom is 0.251 e. The van der Waals surface area contributed by atoms with Crippen molar-refractivity contribution in [3.63, 3.8) is 0 Å². The van der Waals surface area contributed by atoms with E-state index < -0.39 is 0 Å². The number of hydrogen-bond acceptors (Lipinski definition) is 2. The highest BCUT2D eigenvalue weighted by Crippen LogP contribution is 2.20. The van der Waals surface area contributed by atoms with Crippen molar-refractivity contribution < 1.29 is 4.79 Å². The zero-order chi connectivity index (χ0) is 13.1. The highest BCUT2D eigenvalue weighted by Gasteiger charge is 2.09. The van der Waals surface area contributed by atoms with Crippen LogP contribution < -0.4 is 5.32 Å². The summed E-state index contributed by atoms with van der Waals surface area (Å²) in [5.41, 5.74) is 1.54. The number of nitrogens with one attached hydrogen (secondary N) is 1. The Bertz CT molecular complexity index is 582. The molecule has 0 spiro atoms. The van der Waals surface area contributed by atoms with Crippen LogP contribution in [0.5, 0.6) is 0 Å². The number of amides is 1. The molecule has 94 valence electrons. The van der Waals surface area contributed by atoms with Crippen molar-refractivity contribution in [2.45, 2.75) is 13.5 Å². The number of hydrogen-bond donors (Lipinski definition) is 1. The molecule has 0 aliphatic carbocycles. The molecule has 2 aromatic rings. The second kappa shape index (κ2) is 5.87. The molecular weight excluding hydrogens is 334 g/mol. The number of aryl methyl sites for hydroxylation is 1. The fourth-order valence-electron chi connectivity index (χ4n) is 1.59. The molecule has 0 aliphatic heterocycles. The number of rotatable bonds is 3. The highest BCUT2D eigenvalue weighted by molar-refractivity contribution is 9.10. The molecule has 2 nitrogen and oxygen atoms in total. The Balaban J connectivity index is 2.03. The molecule has 1 heterocycles. The fourth-order valence-corrected chi connectivity index (χ4v) is 3.21. The highest BCUT2D eigenvalue weighted by atomic mass is 79.9. The van der Waals surface area contributed by atoms with Gasteiger partial charge in [-0.15, -0.1) is 11.3 Å². The summed E-state index contributed by atoms with van der Waals surface area (Å²) in [5.74, 6) is -0.0753. The summed E-state index contributed by atoms with van der Waals surface area (Å²) < 4.78 is 1.04. The molecule has 0 atom stereocenters. The molecule has 5 heteroatoms. The fraction of sp³-hybridized carbons (Fsp3) is 0.154. The van der Waals surface area contributed by atoms with E-state index in [2.05, 4.69) is 21.2 Å². The first-order chi connectivity index (χ1) is 8.56. The molecule has 1 amide bonds. The molecule has 0 saturated carbocycles. The van der Waals surface area contributed by atoms with Gasteiger partial charge >= 0.3 is 0 Å². The van der Waals surface area contributed by atoms with Crippen molar-refractivity contribution >= 4 is 44.8 Å². The largest absolute Gasteiger partial charge is 0.347 e. The molecule has 2 rings (SSSR count). The van der Waals surface area contributed by atoms with Crippen LogP contribution in [-0.2, 0) is 6.54 Å². The van der Waals surface area contributed by atoms with Crippen molar-refractivity contribution in [3.8, 4) is 0 Å². The van der Waals surface area contributed by atoms with Crippen LogP contribution in [0, 0.1) is 6.92 Å². The Morgan fingerprint density at radius 1 is 1.44 bits per heavy atom. The summed E-state index contributed by atoms with van der Waals surface area (Å²) in [6, 6.07) is 7.26. The number of benzene rings is 1. The van der Waals surface area contributed by atoms with E-state index in [4.69, 9.17) is 11.6 Å². The van der Waals surface area contributed by atoms with Crippen molar-refractivity contribution in [3.05, 3.63) is 55.1 Å². The number of halogens is 2. The van der Waals surface area contributed by atoms with Crippen LogP contribution in [0.15, 0.2) is 34.1 Å². The van der Waals surface area contributed by atoms with E-state index in [-0.39, 0.29) is 5.91 Å². The number of carbonyl (C=O) groups excluding carboxylic acids is 1. The first kappa shape index (κ1) is 13.6. The van der Waals surface area contributed by atoms with Gasteiger partial charge in [-0.05, 0) is 52.7 Å². The van der Waals surface area contributed by atoms with Gasteiger partial charge in [0.05, 0.1) is 6.54 Å². The minimum absolute atomic E-state index is 0.0753. The van der Waals surface area contributed by atoms with Gasteiger partial charge in [0.25, 0.3) is 5.91 Å². The van der Waals surface area contributed by atoms with E-state index >= 15 is 0 Å². The number of thiophene rings is 1. The van der Waals surface area contributed by atoms with E-state index in [0.29, 0.717) is 17.1 Å². The lowest BCUT2D eigenvalue weighted by atomic mass is 10.1. The average molecular weight is 345 g/mol. The minimum Gasteiger partial charge on any atom is -0.347 e. The van der Waals surface area contributed by atoms with Gasteiger partial charge in [0.2, 0.25) is 0 Å². The van der Waals surface area contributed by atoms with Crippen molar-refractivity contribution in [2.24, 2.45) is 0 Å². The van der Waals surface area contributed by atoms with E-state index in [0.717, 1.165) is 14.9 Å². The van der Waals surface area contributed by atoms with Crippen molar-refractivity contribution in [1.29, 1.82) is 0 Å². The van der Waals surface area contributed by atoms with Gasteiger partial charge < -0.3 is 5.32 Å². The summed E-state index contributed by atoms with van der Waals surface area (Å²) in [6.45, 7) is 2.42. The molecule has 0 unspecified atom stereocenters. The van der Waals surface area contributed by atoms with Crippen LogP contribution in [0.1, 0.15) is 20.8 Å². The first-order valence-corrected chi connectivity index (χ1v) is 7.38. The van der Waals surface area contributed by atoms with Gasteiger partial charge in [0.15, 0.2) is 0 Å². The molecule has 0 fully saturated rings. The molecule has 0 bridgehead atoms. The summed E-state index contributed by atoms with van der Waals surface area (Å²) >= 11 is 10.9. The van der Waals surface area contributed by atoms with Gasteiger partial charge in [-0.25, -0.2) is 0 Å². The number of carbonyl (C=O) groups is 1. The Hall–Kier alpha value is -0.840. The maximum absolute atomic E-state index is 12.0. The van der Waals surface area contributed by atoms with Gasteiger partial charge in [0.1, 0.15) is 0 Å². The third kappa shape index (κ3) is 3.34. The molecule has 1 aromatic carbocycles. The van der Waals surface area contributed by atoms with Gasteiger partial charge in [-0.1, -0.05) is 11.6 Å². The van der Waals surface area contributed by atoms with Crippen molar-refractivity contribution in [2.75, 3.05) is 0 Å². The Kier molecular flexibility index (Phi) is 4.43. The zero-order valence-electron chi connectivity index (χ0n) is 9.67. The summed E-state index contributed by atoms with van der Waals surface area (Å²) in [6.07, 6.45) is 0. The van der Waals surface area contributed by atoms with E-state index in [1.807, 2.05) is 18.4 Å². The third-order valence-corrected chi connectivity index (χ3v) is 4.41. The molecule has 1 N–H and O–H groups in total. The standard InChI is InChI=1S/C13H11BrClNOS/c1-8-4-10(15)2-3-12(8)13(17)16-6-11-5-9(14)7-18-11/h2-5,7H,6H2,1H3,(H,16,17). The Morgan fingerprint density at radius 2 is 2.22 bits per heavy atom. The van der Waals surface area contributed by atoms with Crippen LogP contribution in [0.2, 0.25) is 5.02 Å². The average Bonchev–Trinajstić information content (AvgIpc) is 2.72. The quantitative estimate of drug-likeness (QED) is 0.878. The summed E-state index contributed by atoms with van der Waals surface area (Å²) in [5, 5.41) is 5.54. The lowest BCUT2D eigenvalue weighted by Crippen LogP contribution is -2.23. The topological polar surface area (TPSA) is 29.1 Å². The minimum atomic E-state index is -0.0753. The molecule has 18 heavy (non-hydrogen) atoms. The van der Waals surface area contributed by atoms with Crippen LogP contribution in [0.3, 0.4) is 0 Å². The van der Waals surface area contributed by atoms with Crippen LogP contribution >= 0.6 is 38.9 Å². The summed E-state index contributed by atoms with van der Waals surface area (Å²) in [7, 11) is 0. The predicted molar refractivity (Wildman–Crippen MR) is 79.4 cm³/mol. The molecule has 0 aliphatic rings. The SMILES string of the molecule is Cc1cc(Cl)ccc1C(=O)NCc1cc(Br)cs1. The second-order valence-corrected chi connectivity index (χ2v) is 6.22. The molecule has 0 saturated heterocycles. The molecular formula is C13H11BrClNOS. The Morgan fingerprint density at radius 3 is 2.83 bits per heavy atom. The van der Waals surface area contributed by atoms with Gasteiger partial charge in [-0.2, -0.15) is 0 Å². The van der Waals surface area contributed by atoms with Crippen LogP contribution in [0.4, 0.5) is 0 Å². The van der Waals surface area contributed by atoms with Gasteiger partial charge in [-0.3, -0.25) is 4.79 Å². The maximum atomic E-state index is 12.0. The predicted octanol–water partition coefficient (Wildman–Crippen LogP) is 4.40. The second-order valence-electron chi connectivity index (χ2n) is 3.87. The smallest absolute Gasteiger partial charge is 0.251 e. The van der Waals surface area contributed by atoms with Crippen molar-refractivity contribution in [1.82, 2.24) is 5.32 Å². The third-order valence-electron chi connectivity index (χ3n) is 2.48. The normalized spacial score (nSPS) is 10.4. The van der Waals surface area contributed by atoms with Crippen LogP contribution in [-0.4, -0.2) is 5.91 Å². The lowest BCUT2D eigenvalue weighted by molar-refractivity contribution is 0.0950. The van der Waals surface area contributed by atoms with E-state index in [9.17, 15) is 4.79 Å². The van der Waals surface area contributed by atoms with E-state index in [1.54, 1.807) is 29.5 Å². The zero-order valence-corrected chi connectivity index (χ0v) is 12.8. The summed E-state index contributed by atoms with van der Waals surface area (Å²) in [4.78, 5) is 13.1. The first-order valence-electron chi connectivity index (χ1n) is 5.33. The molecule has 1 aromatic heterocycles.